The zero-order chi connectivity index (χ0) is 33.1. The number of carbonyl (C=O) groups is 3. The van der Waals surface area contributed by atoms with Gasteiger partial charge in [0.05, 0.1) is 11.8 Å². The van der Waals surface area contributed by atoms with Crippen molar-refractivity contribution in [1.82, 2.24) is 10.2 Å². The van der Waals surface area contributed by atoms with Gasteiger partial charge in [-0.15, -0.1) is 11.6 Å². The highest BCUT2D eigenvalue weighted by Gasteiger charge is 2.25. The van der Waals surface area contributed by atoms with Gasteiger partial charge in [0.15, 0.2) is 20.2 Å². The second kappa shape index (κ2) is 20.5. The highest BCUT2D eigenvalue weighted by Crippen LogP contribution is 2.32. The number of alkyl halides is 1. The Morgan fingerprint density at radius 3 is 2.50 bits per heavy atom. The number of nitrogens with zero attached hydrogens (tertiary/aromatic N) is 2. The molecule has 0 unspecified atom stereocenters. The van der Waals surface area contributed by atoms with Crippen molar-refractivity contribution < 1.29 is 42.9 Å². The Morgan fingerprint density at radius 1 is 1.04 bits per heavy atom. The van der Waals surface area contributed by atoms with E-state index in [-0.39, 0.29) is 61.7 Å². The molecule has 1 N–H and O–H groups in total. The lowest BCUT2D eigenvalue weighted by Crippen LogP contribution is -2.37. The largest absolute Gasteiger partial charge is 0.467 e. The summed E-state index contributed by atoms with van der Waals surface area (Å²) >= 11 is 5.73. The molecule has 2 aliphatic rings. The molecule has 2 amide bonds. The molecule has 0 saturated carbocycles. The van der Waals surface area contributed by atoms with E-state index in [1.165, 1.54) is 0 Å². The summed E-state index contributed by atoms with van der Waals surface area (Å²) in [4.78, 5) is 45.9. The molecule has 3 rings (SSSR count). The predicted octanol–water partition coefficient (Wildman–Crippen LogP) is 4.53. The minimum atomic E-state index is -0.604. The fourth-order valence-electron chi connectivity index (χ4n) is 4.82. The molecule has 0 aromatic heterocycles. The van der Waals surface area contributed by atoms with Crippen molar-refractivity contribution >= 4 is 35.1 Å². The lowest BCUT2D eigenvalue weighted by Gasteiger charge is -2.26. The lowest BCUT2D eigenvalue weighted by molar-refractivity contribution is -0.137. The zero-order valence-electron chi connectivity index (χ0n) is 27.0. The Kier molecular flexibility index (Phi) is 16.4. The van der Waals surface area contributed by atoms with Crippen molar-refractivity contribution in [2.75, 3.05) is 52.4 Å². The Balaban J connectivity index is 2.02. The number of benzene rings is 1. The maximum absolute atomic E-state index is 13.7. The molecule has 254 valence electrons. The number of oxime groups is 1. The third kappa shape index (κ3) is 12.6. The van der Waals surface area contributed by atoms with Gasteiger partial charge in [-0.05, 0) is 64.2 Å². The minimum Gasteiger partial charge on any atom is -0.467 e. The summed E-state index contributed by atoms with van der Waals surface area (Å²) in [5, 5.41) is 7.18. The molecular formula is C33H46ClN3O9. The molecule has 2 heterocycles. The van der Waals surface area contributed by atoms with Gasteiger partial charge < -0.3 is 38.7 Å². The number of rotatable bonds is 13. The molecule has 0 radical (unpaired) electrons. The highest BCUT2D eigenvalue weighted by atomic mass is 35.5. The van der Waals surface area contributed by atoms with Gasteiger partial charge in [0.2, 0.25) is 5.91 Å². The summed E-state index contributed by atoms with van der Waals surface area (Å²) in [5.74, 6) is -0.618. The van der Waals surface area contributed by atoms with E-state index < -0.39 is 12.1 Å². The number of nitrogens with one attached hydrogen (secondary N) is 1. The van der Waals surface area contributed by atoms with E-state index in [9.17, 15) is 14.4 Å². The van der Waals surface area contributed by atoms with Crippen molar-refractivity contribution in [1.29, 1.82) is 0 Å². The van der Waals surface area contributed by atoms with Gasteiger partial charge in [0.25, 0.3) is 5.91 Å². The first-order valence-electron chi connectivity index (χ1n) is 15.8. The van der Waals surface area contributed by atoms with Crippen LogP contribution in [0.15, 0.2) is 41.6 Å². The predicted molar refractivity (Wildman–Crippen MR) is 173 cm³/mol. The fraction of sp³-hybridized carbons (Fsp3) is 0.576. The average molecular weight is 664 g/mol. The van der Waals surface area contributed by atoms with Crippen molar-refractivity contribution in [3.8, 4) is 11.5 Å². The van der Waals surface area contributed by atoms with Gasteiger partial charge in [-0.2, -0.15) is 0 Å². The van der Waals surface area contributed by atoms with Crippen LogP contribution in [0.2, 0.25) is 0 Å². The van der Waals surface area contributed by atoms with Gasteiger partial charge in [-0.3, -0.25) is 9.59 Å². The monoisotopic (exact) mass is 663 g/mol. The van der Waals surface area contributed by atoms with Gasteiger partial charge in [0, 0.05) is 45.2 Å². The minimum absolute atomic E-state index is 0.00795. The number of carbonyl (C=O) groups excluding carboxylic acids is 3. The number of halogens is 1. The van der Waals surface area contributed by atoms with Crippen molar-refractivity contribution in [3.05, 3.63) is 47.6 Å². The molecule has 46 heavy (non-hydrogen) atoms. The quantitative estimate of drug-likeness (QED) is 0.0807. The third-order valence-corrected chi connectivity index (χ3v) is 7.38. The molecule has 12 nitrogen and oxygen atoms in total. The lowest BCUT2D eigenvalue weighted by atomic mass is 9.99. The maximum Gasteiger partial charge on any atom is 0.342 e. The van der Waals surface area contributed by atoms with E-state index >= 15 is 0 Å². The van der Waals surface area contributed by atoms with Crippen LogP contribution in [0, 0.1) is 0 Å². The molecule has 13 heteroatoms. The van der Waals surface area contributed by atoms with Crippen LogP contribution < -0.4 is 14.8 Å². The normalized spacial score (nSPS) is 20.0. The second-order valence-electron chi connectivity index (χ2n) is 10.8. The summed E-state index contributed by atoms with van der Waals surface area (Å²) in [7, 11) is 0. The van der Waals surface area contributed by atoms with Gasteiger partial charge in [0.1, 0.15) is 29.0 Å². The maximum atomic E-state index is 13.7. The van der Waals surface area contributed by atoms with Gasteiger partial charge in [-0.1, -0.05) is 23.4 Å². The topological polar surface area (TPSA) is 134 Å². The number of amides is 2. The van der Waals surface area contributed by atoms with E-state index in [1.54, 1.807) is 30.0 Å². The Bertz CT molecular complexity index is 1230. The highest BCUT2D eigenvalue weighted by molar-refractivity contribution is 6.27. The summed E-state index contributed by atoms with van der Waals surface area (Å²) in [5.41, 5.74) is 1.09. The van der Waals surface area contributed by atoms with Gasteiger partial charge >= 0.3 is 5.97 Å². The average Bonchev–Trinajstić information content (AvgIpc) is 3.04. The zero-order valence-corrected chi connectivity index (χ0v) is 27.7. The molecule has 1 aromatic carbocycles. The first kappa shape index (κ1) is 36.9. The van der Waals surface area contributed by atoms with Crippen LogP contribution in [0.4, 0.5) is 0 Å². The number of likely N-dealkylation sites (tertiary alicyclic amines) is 1. The third-order valence-electron chi connectivity index (χ3n) is 7.14. The number of hydrogen-bond donors (Lipinski definition) is 1. The van der Waals surface area contributed by atoms with Crippen LogP contribution in [-0.2, 0) is 35.1 Å². The van der Waals surface area contributed by atoms with Crippen LogP contribution in [0.1, 0.15) is 68.8 Å². The summed E-state index contributed by atoms with van der Waals surface area (Å²) in [6.45, 7) is 7.41. The Labute approximate surface area is 276 Å². The smallest absolute Gasteiger partial charge is 0.342 e. The molecule has 1 aromatic rings. The summed E-state index contributed by atoms with van der Waals surface area (Å²) in [6.07, 6.45) is 10.7. The van der Waals surface area contributed by atoms with Crippen LogP contribution in [0.5, 0.6) is 11.5 Å². The molecule has 1 saturated heterocycles. The number of ether oxygens (including phenoxy) is 5. The van der Waals surface area contributed by atoms with Crippen molar-refractivity contribution in [2.45, 2.75) is 71.4 Å². The summed E-state index contributed by atoms with van der Waals surface area (Å²) in [6, 6.07) is 2.93. The first-order chi connectivity index (χ1) is 22.3. The van der Waals surface area contributed by atoms with Crippen LogP contribution in [0.3, 0.4) is 0 Å². The standard InChI is InChI=1S/C33H46ClN3O9/c1-4-41-22-43-28-18-25-17-27(36-45-21-31(39)37-15-7-6-8-16-37)14-10-13-26(35-30(38)20-34)12-9-11-24(3)46-33(40)32(25)29(19-28)44-23-42-5-2/h9-10,12,14,18-19,24,26H,4-8,11,13,15-17,20-23H2,1-3H3,(H,35,38)/t24-,26+/m1/s1. The van der Waals surface area contributed by atoms with Crippen LogP contribution >= 0.6 is 11.6 Å². The first-order valence-corrected chi connectivity index (χ1v) is 16.3. The number of allylic oxidation sites excluding steroid dienone is 1. The molecule has 0 spiro atoms. The van der Waals surface area contributed by atoms with Crippen LogP contribution in [-0.4, -0.2) is 92.9 Å². The molecule has 1 fully saturated rings. The van der Waals surface area contributed by atoms with E-state index in [2.05, 4.69) is 10.5 Å². The van der Waals surface area contributed by atoms with Crippen molar-refractivity contribution in [2.24, 2.45) is 5.16 Å². The number of piperidine rings is 1. The van der Waals surface area contributed by atoms with Crippen molar-refractivity contribution in [3.63, 3.8) is 0 Å². The second-order valence-corrected chi connectivity index (χ2v) is 11.0. The van der Waals surface area contributed by atoms with E-state index in [4.69, 9.17) is 40.1 Å². The molecular weight excluding hydrogens is 618 g/mol. The SMILES string of the molecule is CCOCOc1cc2c(c(OCOCC)c1)C(=O)O[C@H](C)CC=C[C@H](NC(=O)CCl)CC=CC(=NOCC(=O)N1CCCCC1)C2. The molecule has 0 bridgehead atoms. The summed E-state index contributed by atoms with van der Waals surface area (Å²) < 4.78 is 28.3. The van der Waals surface area contributed by atoms with E-state index in [1.807, 2.05) is 32.1 Å². The Hall–Kier alpha value is -3.61. The number of hydrogen-bond acceptors (Lipinski definition) is 10. The number of cyclic esters (lactones) is 1. The Morgan fingerprint density at radius 2 is 1.78 bits per heavy atom. The molecule has 0 aliphatic carbocycles. The molecule has 2 aliphatic heterocycles. The van der Waals surface area contributed by atoms with E-state index in [0.717, 1.165) is 19.3 Å². The molecule has 2 atom stereocenters. The fourth-order valence-corrected chi connectivity index (χ4v) is 4.90. The van der Waals surface area contributed by atoms with E-state index in [0.29, 0.717) is 56.2 Å². The number of fused-ring (bicyclic) bond motifs is 1. The number of esters is 1. The van der Waals surface area contributed by atoms with Crippen LogP contribution in [0.25, 0.3) is 0 Å². The van der Waals surface area contributed by atoms with Gasteiger partial charge in [-0.25, -0.2) is 4.79 Å².